The summed E-state index contributed by atoms with van der Waals surface area (Å²) in [4.78, 5) is 0. The Hall–Kier alpha value is -0.200. The second-order valence-corrected chi connectivity index (χ2v) is 5.26. The van der Waals surface area contributed by atoms with Gasteiger partial charge in [-0.25, -0.2) is 0 Å². The first-order chi connectivity index (χ1) is 8.02. The minimum absolute atomic E-state index is 0.0447. The molecular formula is C12H22O5. The summed E-state index contributed by atoms with van der Waals surface area (Å²) in [5, 5.41) is 18.5. The molecule has 2 aliphatic heterocycles. The molecule has 2 saturated heterocycles. The van der Waals surface area contributed by atoms with E-state index < -0.39 is 11.9 Å². The van der Waals surface area contributed by atoms with Crippen molar-refractivity contribution in [2.75, 3.05) is 13.2 Å². The smallest absolute Gasteiger partial charge is 0.163 e. The zero-order chi connectivity index (χ0) is 12.5. The minimum Gasteiger partial charge on any atom is -0.394 e. The number of hydrogen-bond acceptors (Lipinski definition) is 5. The van der Waals surface area contributed by atoms with Gasteiger partial charge < -0.3 is 24.4 Å². The molecule has 0 radical (unpaired) electrons. The molecule has 2 fully saturated rings. The van der Waals surface area contributed by atoms with Gasteiger partial charge in [0.15, 0.2) is 5.79 Å². The van der Waals surface area contributed by atoms with Gasteiger partial charge in [0, 0.05) is 0 Å². The SMILES string of the molecule is CC1(C)OC[C@H]([C@@H]2CCC[C@H]([C@H](O)CO)O2)O1. The van der Waals surface area contributed by atoms with Crippen LogP contribution in [-0.2, 0) is 14.2 Å². The van der Waals surface area contributed by atoms with E-state index >= 15 is 0 Å². The quantitative estimate of drug-likeness (QED) is 0.756. The molecular weight excluding hydrogens is 224 g/mol. The lowest BCUT2D eigenvalue weighted by atomic mass is 9.98. The van der Waals surface area contributed by atoms with E-state index in [1.807, 2.05) is 13.8 Å². The summed E-state index contributed by atoms with van der Waals surface area (Å²) in [6.07, 6.45) is 1.48. The average Bonchev–Trinajstić information content (AvgIpc) is 2.69. The molecule has 0 aliphatic carbocycles. The topological polar surface area (TPSA) is 68.2 Å². The van der Waals surface area contributed by atoms with Crippen molar-refractivity contribution < 1.29 is 24.4 Å². The monoisotopic (exact) mass is 246 g/mol. The third-order valence-corrected chi connectivity index (χ3v) is 3.39. The van der Waals surface area contributed by atoms with Crippen LogP contribution in [0.3, 0.4) is 0 Å². The molecule has 2 rings (SSSR count). The van der Waals surface area contributed by atoms with E-state index in [1.165, 1.54) is 0 Å². The molecule has 0 saturated carbocycles. The number of hydrogen-bond donors (Lipinski definition) is 2. The molecule has 0 unspecified atom stereocenters. The molecule has 0 amide bonds. The van der Waals surface area contributed by atoms with Crippen molar-refractivity contribution in [3.63, 3.8) is 0 Å². The summed E-state index contributed by atoms with van der Waals surface area (Å²) in [6, 6.07) is 0. The molecule has 2 aliphatic rings. The Bertz CT molecular complexity index is 255. The maximum Gasteiger partial charge on any atom is 0.163 e. The summed E-state index contributed by atoms with van der Waals surface area (Å²) in [6.45, 7) is 4.04. The van der Waals surface area contributed by atoms with Gasteiger partial charge in [-0.15, -0.1) is 0 Å². The van der Waals surface area contributed by atoms with Crippen molar-refractivity contribution in [1.29, 1.82) is 0 Å². The van der Waals surface area contributed by atoms with Crippen molar-refractivity contribution in [1.82, 2.24) is 0 Å². The molecule has 0 aromatic rings. The van der Waals surface area contributed by atoms with Gasteiger partial charge in [0.05, 0.1) is 25.4 Å². The van der Waals surface area contributed by atoms with Crippen LogP contribution < -0.4 is 0 Å². The molecule has 17 heavy (non-hydrogen) atoms. The second kappa shape index (κ2) is 5.20. The Morgan fingerprint density at radius 1 is 1.29 bits per heavy atom. The van der Waals surface area contributed by atoms with Crippen molar-refractivity contribution in [3.05, 3.63) is 0 Å². The summed E-state index contributed by atoms with van der Waals surface area (Å²) in [5.41, 5.74) is 0. The maximum absolute atomic E-state index is 9.60. The molecule has 0 aromatic heterocycles. The van der Waals surface area contributed by atoms with Crippen LogP contribution in [0.2, 0.25) is 0 Å². The first-order valence-corrected chi connectivity index (χ1v) is 6.28. The fraction of sp³-hybridized carbons (Fsp3) is 1.00. The Kier molecular flexibility index (Phi) is 4.05. The van der Waals surface area contributed by atoms with Crippen molar-refractivity contribution >= 4 is 0 Å². The van der Waals surface area contributed by atoms with Crippen LogP contribution in [0.1, 0.15) is 33.1 Å². The molecule has 0 spiro atoms. The molecule has 0 bridgehead atoms. The third-order valence-electron chi connectivity index (χ3n) is 3.39. The standard InChI is InChI=1S/C12H22O5/c1-12(2)15-7-11(17-12)10-5-3-4-9(16-10)8(14)6-13/h8-11,13-14H,3-7H2,1-2H3/t8-,9-,10+,11-/m1/s1. The molecule has 5 nitrogen and oxygen atoms in total. The summed E-state index contributed by atoms with van der Waals surface area (Å²) in [7, 11) is 0. The van der Waals surface area contributed by atoms with E-state index in [4.69, 9.17) is 19.3 Å². The normalized spacial score (nSPS) is 39.2. The van der Waals surface area contributed by atoms with Crippen LogP contribution in [0, 0.1) is 0 Å². The fourth-order valence-electron chi connectivity index (χ4n) is 2.45. The van der Waals surface area contributed by atoms with Gasteiger partial charge in [-0.3, -0.25) is 0 Å². The van der Waals surface area contributed by atoms with Crippen molar-refractivity contribution in [2.24, 2.45) is 0 Å². The average molecular weight is 246 g/mol. The van der Waals surface area contributed by atoms with Gasteiger partial charge in [-0.2, -0.15) is 0 Å². The van der Waals surface area contributed by atoms with Gasteiger partial charge in [-0.1, -0.05) is 0 Å². The highest BCUT2D eigenvalue weighted by Gasteiger charge is 2.40. The van der Waals surface area contributed by atoms with Crippen LogP contribution in [-0.4, -0.2) is 53.6 Å². The molecule has 0 aromatic carbocycles. The van der Waals surface area contributed by atoms with E-state index in [0.29, 0.717) is 6.61 Å². The van der Waals surface area contributed by atoms with Crippen molar-refractivity contribution in [2.45, 2.75) is 63.3 Å². The van der Waals surface area contributed by atoms with Gasteiger partial charge in [-0.05, 0) is 33.1 Å². The number of aliphatic hydroxyl groups is 2. The van der Waals surface area contributed by atoms with E-state index in [9.17, 15) is 5.11 Å². The Morgan fingerprint density at radius 2 is 2.06 bits per heavy atom. The zero-order valence-electron chi connectivity index (χ0n) is 10.5. The second-order valence-electron chi connectivity index (χ2n) is 5.26. The third kappa shape index (κ3) is 3.17. The van der Waals surface area contributed by atoms with Crippen LogP contribution in [0.25, 0.3) is 0 Å². The first kappa shape index (κ1) is 13.2. The molecule has 5 heteroatoms. The largest absolute Gasteiger partial charge is 0.394 e. The highest BCUT2D eigenvalue weighted by molar-refractivity contribution is 4.84. The van der Waals surface area contributed by atoms with Gasteiger partial charge >= 0.3 is 0 Å². The number of ether oxygens (including phenoxy) is 3. The summed E-state index contributed by atoms with van der Waals surface area (Å²) >= 11 is 0. The number of rotatable bonds is 3. The molecule has 100 valence electrons. The van der Waals surface area contributed by atoms with E-state index in [0.717, 1.165) is 19.3 Å². The van der Waals surface area contributed by atoms with Crippen LogP contribution in [0.5, 0.6) is 0 Å². The van der Waals surface area contributed by atoms with Crippen molar-refractivity contribution in [3.8, 4) is 0 Å². The van der Waals surface area contributed by atoms with E-state index in [1.54, 1.807) is 0 Å². The van der Waals surface area contributed by atoms with E-state index in [-0.39, 0.29) is 24.9 Å². The lowest BCUT2D eigenvalue weighted by Crippen LogP contribution is -2.44. The Morgan fingerprint density at radius 3 is 2.65 bits per heavy atom. The Balaban J connectivity index is 1.89. The summed E-state index contributed by atoms with van der Waals surface area (Å²) in [5.74, 6) is -0.545. The Labute approximate surface area is 102 Å². The predicted molar refractivity (Wildman–Crippen MR) is 60.5 cm³/mol. The van der Waals surface area contributed by atoms with Crippen LogP contribution in [0.15, 0.2) is 0 Å². The van der Waals surface area contributed by atoms with E-state index in [2.05, 4.69) is 0 Å². The molecule has 2 N–H and O–H groups in total. The highest BCUT2D eigenvalue weighted by atomic mass is 16.7. The summed E-state index contributed by atoms with van der Waals surface area (Å²) < 4.78 is 17.1. The fourth-order valence-corrected chi connectivity index (χ4v) is 2.45. The lowest BCUT2D eigenvalue weighted by molar-refractivity contribution is -0.183. The van der Waals surface area contributed by atoms with Crippen LogP contribution >= 0.6 is 0 Å². The molecule has 2 heterocycles. The van der Waals surface area contributed by atoms with Gasteiger partial charge in [0.25, 0.3) is 0 Å². The molecule has 4 atom stereocenters. The van der Waals surface area contributed by atoms with Crippen LogP contribution in [0.4, 0.5) is 0 Å². The van der Waals surface area contributed by atoms with Gasteiger partial charge in [0.1, 0.15) is 12.2 Å². The minimum atomic E-state index is -0.798. The van der Waals surface area contributed by atoms with Gasteiger partial charge in [0.2, 0.25) is 0 Å². The number of aliphatic hydroxyl groups excluding tert-OH is 2. The lowest BCUT2D eigenvalue weighted by Gasteiger charge is -2.34. The zero-order valence-corrected chi connectivity index (χ0v) is 10.5. The first-order valence-electron chi connectivity index (χ1n) is 6.28. The highest BCUT2D eigenvalue weighted by Crippen LogP contribution is 2.31. The predicted octanol–water partition coefficient (Wildman–Crippen LogP) is 0.429. The maximum atomic E-state index is 9.60.